The van der Waals surface area contributed by atoms with E-state index in [1.807, 2.05) is 32.0 Å². The van der Waals surface area contributed by atoms with Crippen molar-refractivity contribution < 1.29 is 30.7 Å². The molecule has 2 rings (SSSR count). The predicted molar refractivity (Wildman–Crippen MR) is 75.4 cm³/mol. The van der Waals surface area contributed by atoms with Crippen molar-refractivity contribution >= 4 is 5.97 Å². The molecule has 1 atom stereocenters. The van der Waals surface area contributed by atoms with Crippen LogP contribution in [0.3, 0.4) is 0 Å². The third kappa shape index (κ3) is 4.34. The van der Waals surface area contributed by atoms with Gasteiger partial charge in [0.2, 0.25) is 0 Å². The van der Waals surface area contributed by atoms with Crippen molar-refractivity contribution in [3.05, 3.63) is 61.7 Å². The average Bonchev–Trinajstić information content (AvgIpc) is 2.49. The van der Waals surface area contributed by atoms with Crippen LogP contribution >= 0.6 is 0 Å². The van der Waals surface area contributed by atoms with Crippen LogP contribution in [0, 0.1) is 13.1 Å². The van der Waals surface area contributed by atoms with Crippen LogP contribution in [-0.4, -0.2) is 5.97 Å². The van der Waals surface area contributed by atoms with Gasteiger partial charge < -0.3 is 4.74 Å². The van der Waals surface area contributed by atoms with E-state index in [9.17, 15) is 4.79 Å². The minimum Gasteiger partial charge on any atom is -0.426 e. The summed E-state index contributed by atoms with van der Waals surface area (Å²) in [5.41, 5.74) is 0. The molecule has 0 aliphatic rings. The SMILES string of the molecule is CCC(C)C(=O)Oc1ccc([I+]c2ccccc2)cc1. The Balaban J connectivity index is 1.98. The highest BCUT2D eigenvalue weighted by Crippen LogP contribution is 2.12. The number of benzene rings is 2. The Morgan fingerprint density at radius 2 is 1.65 bits per heavy atom. The molecule has 1 unspecified atom stereocenters. The van der Waals surface area contributed by atoms with Crippen LogP contribution in [0.5, 0.6) is 5.75 Å². The summed E-state index contributed by atoms with van der Waals surface area (Å²) < 4.78 is 8.05. The molecular formula is C17H18IO2+. The van der Waals surface area contributed by atoms with Gasteiger partial charge in [0.1, 0.15) is 5.75 Å². The second-order valence-electron chi connectivity index (χ2n) is 4.57. The van der Waals surface area contributed by atoms with Gasteiger partial charge >= 0.3 is 27.2 Å². The monoisotopic (exact) mass is 381 g/mol. The lowest BCUT2D eigenvalue weighted by Gasteiger charge is -2.08. The van der Waals surface area contributed by atoms with Gasteiger partial charge in [-0.3, -0.25) is 4.79 Å². The van der Waals surface area contributed by atoms with E-state index in [2.05, 4.69) is 36.4 Å². The van der Waals surface area contributed by atoms with Crippen molar-refractivity contribution in [3.63, 3.8) is 0 Å². The molecule has 104 valence electrons. The Morgan fingerprint density at radius 1 is 1.05 bits per heavy atom. The van der Waals surface area contributed by atoms with Gasteiger partial charge in [-0.1, -0.05) is 32.0 Å². The fraction of sp³-hybridized carbons (Fsp3) is 0.235. The maximum Gasteiger partial charge on any atom is 0.357 e. The fourth-order valence-electron chi connectivity index (χ4n) is 1.55. The van der Waals surface area contributed by atoms with E-state index in [4.69, 9.17) is 4.74 Å². The second-order valence-corrected chi connectivity index (χ2v) is 7.61. The number of ether oxygens (including phenoxy) is 1. The van der Waals surface area contributed by atoms with Crippen LogP contribution in [0.15, 0.2) is 54.6 Å². The lowest BCUT2D eigenvalue weighted by Crippen LogP contribution is -3.61. The van der Waals surface area contributed by atoms with Gasteiger partial charge in [-0.2, -0.15) is 0 Å². The van der Waals surface area contributed by atoms with Crippen molar-refractivity contribution in [2.24, 2.45) is 5.92 Å². The smallest absolute Gasteiger partial charge is 0.357 e. The largest absolute Gasteiger partial charge is 0.426 e. The molecule has 2 nitrogen and oxygen atoms in total. The first-order chi connectivity index (χ1) is 9.69. The first kappa shape index (κ1) is 15.0. The topological polar surface area (TPSA) is 26.3 Å². The standard InChI is InChI=1S/C17H18IO2/c1-3-13(2)17(19)20-16-11-9-15(10-12-16)18-14-7-5-4-6-8-14/h4-13H,3H2,1-2H3/q+1. The number of carbonyl (C=O) groups is 1. The Hall–Kier alpha value is -1.36. The van der Waals surface area contributed by atoms with Crippen molar-refractivity contribution in [1.82, 2.24) is 0 Å². The third-order valence-corrected chi connectivity index (χ3v) is 5.68. The van der Waals surface area contributed by atoms with E-state index in [1.54, 1.807) is 0 Å². The highest BCUT2D eigenvalue weighted by Gasteiger charge is 2.16. The zero-order valence-corrected chi connectivity index (χ0v) is 13.8. The quantitative estimate of drug-likeness (QED) is 0.435. The molecule has 0 saturated heterocycles. The molecule has 20 heavy (non-hydrogen) atoms. The van der Waals surface area contributed by atoms with Gasteiger partial charge in [0.25, 0.3) is 0 Å². The van der Waals surface area contributed by atoms with Gasteiger partial charge in [-0.15, -0.1) is 0 Å². The first-order valence-electron chi connectivity index (χ1n) is 6.70. The highest BCUT2D eigenvalue weighted by atomic mass is 127. The number of rotatable bonds is 5. The molecule has 2 aromatic carbocycles. The summed E-state index contributed by atoms with van der Waals surface area (Å²) in [6.45, 7) is 3.87. The van der Waals surface area contributed by atoms with Gasteiger partial charge in [-0.05, 0) is 42.8 Å². The normalized spacial score (nSPS) is 11.9. The number of halogens is 1. The van der Waals surface area contributed by atoms with E-state index < -0.39 is 0 Å². The second kappa shape index (κ2) is 7.43. The number of hydrogen-bond acceptors (Lipinski definition) is 2. The summed E-state index contributed by atoms with van der Waals surface area (Å²) in [7, 11) is 0. The van der Waals surface area contributed by atoms with E-state index in [1.165, 1.54) is 7.14 Å². The molecule has 2 aromatic rings. The summed E-state index contributed by atoms with van der Waals surface area (Å²) in [5, 5.41) is 0. The average molecular weight is 381 g/mol. The first-order valence-corrected chi connectivity index (χ1v) is 8.86. The minimum atomic E-state index is -0.162. The molecule has 0 saturated carbocycles. The zero-order valence-electron chi connectivity index (χ0n) is 11.7. The van der Waals surface area contributed by atoms with Crippen LogP contribution in [0.1, 0.15) is 20.3 Å². The summed E-state index contributed by atoms with van der Waals surface area (Å²) in [4.78, 5) is 11.7. The molecule has 0 amide bonds. The molecular weight excluding hydrogens is 363 g/mol. The molecule has 0 aromatic heterocycles. The Morgan fingerprint density at radius 3 is 2.25 bits per heavy atom. The molecule has 0 spiro atoms. The molecule has 0 N–H and O–H groups in total. The van der Waals surface area contributed by atoms with Crippen LogP contribution in [0.25, 0.3) is 0 Å². The van der Waals surface area contributed by atoms with Gasteiger partial charge in [0.15, 0.2) is 7.14 Å². The summed E-state index contributed by atoms with van der Waals surface area (Å²) in [6, 6.07) is 18.4. The van der Waals surface area contributed by atoms with E-state index >= 15 is 0 Å². The molecule has 0 aliphatic carbocycles. The van der Waals surface area contributed by atoms with E-state index in [-0.39, 0.29) is 33.1 Å². The third-order valence-electron chi connectivity index (χ3n) is 3.00. The van der Waals surface area contributed by atoms with Crippen molar-refractivity contribution in [3.8, 4) is 5.75 Å². The van der Waals surface area contributed by atoms with Crippen LogP contribution < -0.4 is 25.9 Å². The lowest BCUT2D eigenvalue weighted by molar-refractivity contribution is -0.597. The van der Waals surface area contributed by atoms with Gasteiger partial charge in [0, 0.05) is 0 Å². The zero-order chi connectivity index (χ0) is 14.4. The summed E-state index contributed by atoms with van der Waals surface area (Å²) in [5.74, 6) is 0.431. The fourth-order valence-corrected chi connectivity index (χ4v) is 3.77. The summed E-state index contributed by atoms with van der Waals surface area (Å²) >= 11 is -0.162. The maximum atomic E-state index is 11.7. The highest BCUT2D eigenvalue weighted by molar-refractivity contribution is 5.74. The Bertz CT molecular complexity index is 549. The molecule has 0 radical (unpaired) electrons. The molecule has 3 heteroatoms. The molecule has 0 aliphatic heterocycles. The predicted octanol–water partition coefficient (Wildman–Crippen LogP) is 0.767. The van der Waals surface area contributed by atoms with Crippen LogP contribution in [-0.2, 0) is 4.79 Å². The Labute approximate surface area is 130 Å². The molecule has 0 fully saturated rings. The number of esters is 1. The van der Waals surface area contributed by atoms with Crippen molar-refractivity contribution in [2.75, 3.05) is 0 Å². The number of carbonyl (C=O) groups excluding carboxylic acids is 1. The van der Waals surface area contributed by atoms with Crippen LogP contribution in [0.2, 0.25) is 0 Å². The summed E-state index contributed by atoms with van der Waals surface area (Å²) in [6.07, 6.45) is 0.802. The van der Waals surface area contributed by atoms with Gasteiger partial charge in [-0.25, -0.2) is 0 Å². The van der Waals surface area contributed by atoms with E-state index in [0.717, 1.165) is 6.42 Å². The number of hydrogen-bond donors (Lipinski definition) is 0. The van der Waals surface area contributed by atoms with Crippen LogP contribution in [0.4, 0.5) is 0 Å². The van der Waals surface area contributed by atoms with Crippen molar-refractivity contribution in [1.29, 1.82) is 0 Å². The van der Waals surface area contributed by atoms with Crippen molar-refractivity contribution in [2.45, 2.75) is 20.3 Å². The van der Waals surface area contributed by atoms with Gasteiger partial charge in [0.05, 0.1) is 5.92 Å². The minimum absolute atomic E-state index is 0.0496. The van der Waals surface area contributed by atoms with E-state index in [0.29, 0.717) is 5.75 Å². The lowest BCUT2D eigenvalue weighted by atomic mass is 10.1. The maximum absolute atomic E-state index is 11.7. The molecule has 0 bridgehead atoms. The Kier molecular flexibility index (Phi) is 5.59. The molecule has 0 heterocycles.